The van der Waals surface area contributed by atoms with Crippen molar-refractivity contribution in [3.05, 3.63) is 34.9 Å². The fourth-order valence-corrected chi connectivity index (χ4v) is 3.22. The minimum atomic E-state index is -0.317. The van der Waals surface area contributed by atoms with Gasteiger partial charge in [0.2, 0.25) is 5.91 Å². The topological polar surface area (TPSA) is 46.3 Å². The molecule has 2 N–H and O–H groups in total. The molecule has 0 radical (unpaired) electrons. The van der Waals surface area contributed by atoms with Crippen LogP contribution in [0.2, 0.25) is 5.02 Å². The van der Waals surface area contributed by atoms with Crippen LogP contribution in [0.5, 0.6) is 0 Å². The predicted octanol–water partition coefficient (Wildman–Crippen LogP) is 2.32. The van der Waals surface area contributed by atoms with E-state index in [1.165, 1.54) is 0 Å². The maximum Gasteiger partial charge on any atom is 0.233 e. The number of nitrogens with zero attached hydrogens (tertiary/aromatic N) is 1. The van der Waals surface area contributed by atoms with Crippen molar-refractivity contribution in [3.8, 4) is 0 Å². The Kier molecular flexibility index (Phi) is 3.27. The smallest absolute Gasteiger partial charge is 0.233 e. The summed E-state index contributed by atoms with van der Waals surface area (Å²) < 4.78 is 0. The highest BCUT2D eigenvalue weighted by atomic mass is 35.5. The standard InChI is InChI=1S/C15H19ClN2O/c16-12-4-1-3-11(9-12)15(6-7-15)14(19)18-8-2-5-13(17)10-18/h1,3-4,9,13H,2,5-8,10,17H2. The third-order valence-electron chi connectivity index (χ3n) is 4.28. The second-order valence-corrected chi connectivity index (χ2v) is 6.18. The highest BCUT2D eigenvalue weighted by Gasteiger charge is 2.53. The zero-order chi connectivity index (χ0) is 13.5. The molecule has 1 amide bonds. The van der Waals surface area contributed by atoms with E-state index in [9.17, 15) is 4.79 Å². The van der Waals surface area contributed by atoms with Crippen molar-refractivity contribution in [1.29, 1.82) is 0 Å². The highest BCUT2D eigenvalue weighted by molar-refractivity contribution is 6.30. The lowest BCUT2D eigenvalue weighted by molar-refractivity contribution is -0.135. The van der Waals surface area contributed by atoms with Gasteiger partial charge in [-0.2, -0.15) is 0 Å². The Bertz CT molecular complexity index is 499. The van der Waals surface area contributed by atoms with Crippen molar-refractivity contribution in [2.24, 2.45) is 5.73 Å². The van der Waals surface area contributed by atoms with E-state index in [1.54, 1.807) is 0 Å². The van der Waals surface area contributed by atoms with Crippen molar-refractivity contribution in [2.75, 3.05) is 13.1 Å². The van der Waals surface area contributed by atoms with Gasteiger partial charge in [-0.25, -0.2) is 0 Å². The highest BCUT2D eigenvalue weighted by Crippen LogP contribution is 2.50. The fraction of sp³-hybridized carbons (Fsp3) is 0.533. The van der Waals surface area contributed by atoms with E-state index in [2.05, 4.69) is 0 Å². The summed E-state index contributed by atoms with van der Waals surface area (Å²) in [6, 6.07) is 7.85. The summed E-state index contributed by atoms with van der Waals surface area (Å²) in [5.41, 5.74) is 6.72. The Balaban J connectivity index is 1.82. The van der Waals surface area contributed by atoms with Crippen LogP contribution in [0.4, 0.5) is 0 Å². The van der Waals surface area contributed by atoms with Crippen molar-refractivity contribution < 1.29 is 4.79 Å². The average molecular weight is 279 g/mol. The first-order chi connectivity index (χ1) is 9.12. The molecule has 1 aliphatic carbocycles. The molecule has 19 heavy (non-hydrogen) atoms. The van der Waals surface area contributed by atoms with Gasteiger partial charge in [0, 0.05) is 24.2 Å². The molecular formula is C15H19ClN2O. The second kappa shape index (κ2) is 4.80. The lowest BCUT2D eigenvalue weighted by Gasteiger charge is -2.33. The summed E-state index contributed by atoms with van der Waals surface area (Å²) in [5.74, 6) is 0.241. The third kappa shape index (κ3) is 2.37. The van der Waals surface area contributed by atoms with Gasteiger partial charge >= 0.3 is 0 Å². The molecule has 3 rings (SSSR count). The zero-order valence-corrected chi connectivity index (χ0v) is 11.7. The van der Waals surface area contributed by atoms with Crippen molar-refractivity contribution in [2.45, 2.75) is 37.1 Å². The first kappa shape index (κ1) is 12.9. The number of benzene rings is 1. The molecule has 2 fully saturated rings. The van der Waals surface area contributed by atoms with E-state index in [0.29, 0.717) is 11.6 Å². The Morgan fingerprint density at radius 3 is 2.84 bits per heavy atom. The molecule has 1 unspecified atom stereocenters. The molecule has 102 valence electrons. The number of hydrogen-bond donors (Lipinski definition) is 1. The maximum atomic E-state index is 12.8. The number of hydrogen-bond acceptors (Lipinski definition) is 2. The molecular weight excluding hydrogens is 260 g/mol. The number of likely N-dealkylation sites (tertiary alicyclic amines) is 1. The molecule has 1 aromatic carbocycles. The Morgan fingerprint density at radius 1 is 1.42 bits per heavy atom. The average Bonchev–Trinajstić information content (AvgIpc) is 3.19. The molecule has 1 saturated heterocycles. The monoisotopic (exact) mass is 278 g/mol. The number of halogens is 1. The lowest BCUT2D eigenvalue weighted by Crippen LogP contribution is -2.49. The van der Waals surface area contributed by atoms with E-state index in [0.717, 1.165) is 37.8 Å². The van der Waals surface area contributed by atoms with Crippen LogP contribution in [0.3, 0.4) is 0 Å². The molecule has 0 aromatic heterocycles. The van der Waals surface area contributed by atoms with Crippen LogP contribution in [0.1, 0.15) is 31.2 Å². The fourth-order valence-electron chi connectivity index (χ4n) is 3.03. The van der Waals surface area contributed by atoms with Crippen LogP contribution < -0.4 is 5.73 Å². The molecule has 1 atom stereocenters. The molecule has 4 heteroatoms. The first-order valence-electron chi connectivity index (χ1n) is 6.93. The number of carbonyl (C=O) groups is 1. The zero-order valence-electron chi connectivity index (χ0n) is 10.9. The molecule has 0 spiro atoms. The summed E-state index contributed by atoms with van der Waals surface area (Å²) in [4.78, 5) is 14.7. The molecule has 1 saturated carbocycles. The quantitative estimate of drug-likeness (QED) is 0.902. The van der Waals surface area contributed by atoms with E-state index < -0.39 is 0 Å². The van der Waals surface area contributed by atoms with Gasteiger partial charge in [0.15, 0.2) is 0 Å². The van der Waals surface area contributed by atoms with Gasteiger partial charge in [0.1, 0.15) is 0 Å². The first-order valence-corrected chi connectivity index (χ1v) is 7.31. The largest absolute Gasteiger partial charge is 0.340 e. The Hall–Kier alpha value is -1.06. The minimum absolute atomic E-state index is 0.132. The van der Waals surface area contributed by atoms with E-state index in [-0.39, 0.29) is 17.4 Å². The van der Waals surface area contributed by atoms with Crippen LogP contribution in [-0.2, 0) is 10.2 Å². The van der Waals surface area contributed by atoms with E-state index in [1.807, 2.05) is 29.2 Å². The number of nitrogens with two attached hydrogens (primary N) is 1. The van der Waals surface area contributed by atoms with Crippen molar-refractivity contribution in [1.82, 2.24) is 4.90 Å². The van der Waals surface area contributed by atoms with E-state index >= 15 is 0 Å². The summed E-state index contributed by atoms with van der Waals surface area (Å²) in [6.45, 7) is 1.54. The third-order valence-corrected chi connectivity index (χ3v) is 4.52. The summed E-state index contributed by atoms with van der Waals surface area (Å²) in [7, 11) is 0. The second-order valence-electron chi connectivity index (χ2n) is 5.75. The molecule has 1 aliphatic heterocycles. The van der Waals surface area contributed by atoms with Gasteiger partial charge in [-0.1, -0.05) is 23.7 Å². The minimum Gasteiger partial charge on any atom is -0.340 e. The van der Waals surface area contributed by atoms with Crippen LogP contribution in [0, 0.1) is 0 Å². The molecule has 0 bridgehead atoms. The summed E-state index contributed by atoms with van der Waals surface area (Å²) >= 11 is 6.05. The van der Waals surface area contributed by atoms with Gasteiger partial charge in [-0.05, 0) is 43.4 Å². The van der Waals surface area contributed by atoms with Crippen LogP contribution in [0.15, 0.2) is 24.3 Å². The number of piperidine rings is 1. The summed E-state index contributed by atoms with van der Waals surface area (Å²) in [5, 5.41) is 0.701. The molecule has 3 nitrogen and oxygen atoms in total. The van der Waals surface area contributed by atoms with Gasteiger partial charge < -0.3 is 10.6 Å². The van der Waals surface area contributed by atoms with E-state index in [4.69, 9.17) is 17.3 Å². The number of amides is 1. The number of carbonyl (C=O) groups excluding carboxylic acids is 1. The van der Waals surface area contributed by atoms with Gasteiger partial charge in [0.05, 0.1) is 5.41 Å². The van der Waals surface area contributed by atoms with Crippen LogP contribution in [-0.4, -0.2) is 29.9 Å². The van der Waals surface area contributed by atoms with Crippen LogP contribution >= 0.6 is 11.6 Å². The maximum absolute atomic E-state index is 12.8. The molecule has 2 aliphatic rings. The molecule has 1 heterocycles. The summed E-state index contributed by atoms with van der Waals surface area (Å²) in [6.07, 6.45) is 3.89. The molecule has 1 aromatic rings. The van der Waals surface area contributed by atoms with Gasteiger partial charge in [0.25, 0.3) is 0 Å². The predicted molar refractivity (Wildman–Crippen MR) is 76.2 cm³/mol. The SMILES string of the molecule is NC1CCCN(C(=O)C2(c3cccc(Cl)c3)CC2)C1. The van der Waals surface area contributed by atoms with Gasteiger partial charge in [-0.3, -0.25) is 4.79 Å². The van der Waals surface area contributed by atoms with Gasteiger partial charge in [-0.15, -0.1) is 0 Å². The normalized spacial score (nSPS) is 25.2. The Labute approximate surface area is 118 Å². The Morgan fingerprint density at radius 2 is 2.21 bits per heavy atom. The van der Waals surface area contributed by atoms with Crippen LogP contribution in [0.25, 0.3) is 0 Å². The van der Waals surface area contributed by atoms with Crippen molar-refractivity contribution >= 4 is 17.5 Å². The number of rotatable bonds is 2. The lowest BCUT2D eigenvalue weighted by atomic mass is 9.93. The van der Waals surface area contributed by atoms with Crippen molar-refractivity contribution in [3.63, 3.8) is 0 Å².